The molecule has 2 N–H and O–H groups in total. The molecule has 1 fully saturated rings. The third kappa shape index (κ3) is 4.94. The number of rotatable bonds is 4. The van der Waals surface area contributed by atoms with E-state index in [0.29, 0.717) is 42.3 Å². The third-order valence-electron chi connectivity index (χ3n) is 6.74. The molecule has 36 heavy (non-hydrogen) atoms. The predicted molar refractivity (Wildman–Crippen MR) is 139 cm³/mol. The first-order valence-electron chi connectivity index (χ1n) is 11.7. The van der Waals surface area contributed by atoms with Crippen molar-refractivity contribution in [3.05, 3.63) is 53.3 Å². The van der Waals surface area contributed by atoms with Crippen LogP contribution in [0, 0.1) is 41.9 Å². The number of nitrogens with zero attached hydrogens (tertiary/aromatic N) is 5. The van der Waals surface area contributed by atoms with Crippen LogP contribution in [-0.2, 0) is 0 Å². The van der Waals surface area contributed by atoms with Gasteiger partial charge in [-0.2, -0.15) is 10.5 Å². The molecule has 8 nitrogen and oxygen atoms in total. The molecule has 0 saturated carbocycles. The highest BCUT2D eigenvalue weighted by Gasteiger charge is 2.47. The molecule has 0 atom stereocenters. The molecule has 0 radical (unpaired) electrons. The quantitative estimate of drug-likeness (QED) is 0.503. The average molecular weight is 501 g/mol. The molecule has 1 aliphatic rings. The fourth-order valence-corrected chi connectivity index (χ4v) is 5.55. The van der Waals surface area contributed by atoms with Crippen molar-refractivity contribution < 1.29 is 9.90 Å². The van der Waals surface area contributed by atoms with Crippen LogP contribution in [-0.4, -0.2) is 44.7 Å². The normalized spacial score (nSPS) is 15.1. The number of nitrogens with one attached hydrogen (secondary N) is 1. The number of piperidine rings is 1. The van der Waals surface area contributed by atoms with Gasteiger partial charge in [-0.3, -0.25) is 10.3 Å². The van der Waals surface area contributed by atoms with E-state index in [1.807, 2.05) is 38.1 Å². The van der Waals surface area contributed by atoms with Gasteiger partial charge in [0, 0.05) is 30.0 Å². The van der Waals surface area contributed by atoms with Crippen LogP contribution >= 0.6 is 11.3 Å². The highest BCUT2D eigenvalue weighted by atomic mass is 32.1. The number of carbonyl (C=O) groups is 1. The van der Waals surface area contributed by atoms with E-state index in [-0.39, 0.29) is 6.03 Å². The number of likely N-dealkylation sites (tertiary alicyclic amines) is 1. The van der Waals surface area contributed by atoms with Crippen LogP contribution in [0.1, 0.15) is 43.6 Å². The Kier molecular flexibility index (Phi) is 6.81. The number of pyridine rings is 1. The molecule has 0 unspecified atom stereocenters. The molecule has 0 spiro atoms. The molecule has 2 aromatic heterocycles. The fraction of sp³-hybridized carbons (Fsp3) is 0.370. The summed E-state index contributed by atoms with van der Waals surface area (Å²) in [6.45, 7) is 7.88. The standard InChI is InChI=1S/C27H28N6O2S/c1-17-12-21(13-18(2)30-17)23-22(20-7-5-6-19(14-20)15-28)31-24(36-23)32-25(34)33-10-8-27(16-29,9-11-33)26(3,4)35/h5-7,12-14,35H,8-11H2,1-4H3,(H,31,32,34). The Hall–Kier alpha value is -3.79. The summed E-state index contributed by atoms with van der Waals surface area (Å²) in [6, 6.07) is 15.4. The number of aryl methyl sites for hydroxylation is 2. The summed E-state index contributed by atoms with van der Waals surface area (Å²) in [5, 5.41) is 32.9. The molecule has 3 aromatic rings. The second-order valence-electron chi connectivity index (χ2n) is 9.70. The molecule has 0 aliphatic carbocycles. The monoisotopic (exact) mass is 500 g/mol. The molecule has 9 heteroatoms. The van der Waals surface area contributed by atoms with Gasteiger partial charge in [0.1, 0.15) is 0 Å². The van der Waals surface area contributed by atoms with Crippen molar-refractivity contribution in [1.29, 1.82) is 10.5 Å². The van der Waals surface area contributed by atoms with Crippen LogP contribution in [0.5, 0.6) is 0 Å². The minimum Gasteiger partial charge on any atom is -0.389 e. The molecule has 184 valence electrons. The van der Waals surface area contributed by atoms with Gasteiger partial charge < -0.3 is 10.0 Å². The van der Waals surface area contributed by atoms with Gasteiger partial charge in [0.05, 0.1) is 39.3 Å². The lowest BCUT2D eigenvalue weighted by Gasteiger charge is -2.43. The number of anilines is 1. The van der Waals surface area contributed by atoms with E-state index < -0.39 is 11.0 Å². The minimum absolute atomic E-state index is 0.294. The van der Waals surface area contributed by atoms with E-state index in [4.69, 9.17) is 4.98 Å². The number of nitriles is 2. The van der Waals surface area contributed by atoms with E-state index in [2.05, 4.69) is 22.4 Å². The lowest BCUT2D eigenvalue weighted by atomic mass is 9.68. The van der Waals surface area contributed by atoms with Crippen molar-refractivity contribution >= 4 is 22.5 Å². The Balaban J connectivity index is 1.63. The first-order valence-corrected chi connectivity index (χ1v) is 12.5. The van der Waals surface area contributed by atoms with Crippen LogP contribution in [0.15, 0.2) is 36.4 Å². The van der Waals surface area contributed by atoms with E-state index in [1.165, 1.54) is 11.3 Å². The number of aromatic nitrogens is 2. The third-order valence-corrected chi connectivity index (χ3v) is 7.76. The summed E-state index contributed by atoms with van der Waals surface area (Å²) in [5.74, 6) is 0. The molecule has 1 aliphatic heterocycles. The van der Waals surface area contributed by atoms with Crippen molar-refractivity contribution in [2.75, 3.05) is 18.4 Å². The zero-order chi connectivity index (χ0) is 26.1. The van der Waals surface area contributed by atoms with E-state index in [0.717, 1.165) is 27.4 Å². The van der Waals surface area contributed by atoms with Crippen LogP contribution in [0.3, 0.4) is 0 Å². The van der Waals surface area contributed by atoms with E-state index >= 15 is 0 Å². The van der Waals surface area contributed by atoms with Gasteiger partial charge in [0.25, 0.3) is 0 Å². The Morgan fingerprint density at radius 1 is 1.11 bits per heavy atom. The summed E-state index contributed by atoms with van der Waals surface area (Å²) < 4.78 is 0. The van der Waals surface area contributed by atoms with Gasteiger partial charge in [-0.05, 0) is 70.4 Å². The summed E-state index contributed by atoms with van der Waals surface area (Å²) in [4.78, 5) is 24.8. The molecule has 1 aromatic carbocycles. The number of hydrogen-bond donors (Lipinski definition) is 2. The van der Waals surface area contributed by atoms with Crippen molar-refractivity contribution in [2.45, 2.75) is 46.1 Å². The average Bonchev–Trinajstić information content (AvgIpc) is 3.26. The molecule has 4 rings (SSSR count). The van der Waals surface area contributed by atoms with Gasteiger partial charge in [-0.1, -0.05) is 23.5 Å². The first-order chi connectivity index (χ1) is 17.0. The van der Waals surface area contributed by atoms with Gasteiger partial charge in [0.2, 0.25) is 0 Å². The maximum atomic E-state index is 13.1. The smallest absolute Gasteiger partial charge is 0.323 e. The van der Waals surface area contributed by atoms with Crippen molar-refractivity contribution in [3.63, 3.8) is 0 Å². The molecule has 1 saturated heterocycles. The minimum atomic E-state index is -1.15. The van der Waals surface area contributed by atoms with Gasteiger partial charge >= 0.3 is 6.03 Å². The number of hydrogen-bond acceptors (Lipinski definition) is 7. The summed E-state index contributed by atoms with van der Waals surface area (Å²) in [6.07, 6.45) is 0.788. The summed E-state index contributed by atoms with van der Waals surface area (Å²) in [7, 11) is 0. The van der Waals surface area contributed by atoms with Crippen LogP contribution < -0.4 is 5.32 Å². The molecular formula is C27H28N6O2S. The highest BCUT2D eigenvalue weighted by molar-refractivity contribution is 7.19. The Labute approximate surface area is 214 Å². The van der Waals surface area contributed by atoms with E-state index in [1.54, 1.807) is 30.9 Å². The number of carbonyl (C=O) groups excluding carboxylic acids is 1. The maximum absolute atomic E-state index is 13.1. The zero-order valence-corrected chi connectivity index (χ0v) is 21.6. The molecular weight excluding hydrogens is 472 g/mol. The summed E-state index contributed by atoms with van der Waals surface area (Å²) >= 11 is 1.37. The van der Waals surface area contributed by atoms with Crippen molar-refractivity contribution in [2.24, 2.45) is 5.41 Å². The SMILES string of the molecule is Cc1cc(-c2sc(NC(=O)N3CCC(C#N)(C(C)(C)O)CC3)nc2-c2cccc(C#N)c2)cc(C)n1. The van der Waals surface area contributed by atoms with Crippen LogP contribution in [0.25, 0.3) is 21.7 Å². The number of benzene rings is 1. The molecule has 2 amide bonds. The lowest BCUT2D eigenvalue weighted by Crippen LogP contribution is -2.52. The zero-order valence-electron chi connectivity index (χ0n) is 20.8. The second kappa shape index (κ2) is 9.69. The predicted octanol–water partition coefficient (Wildman–Crippen LogP) is 5.27. The van der Waals surface area contributed by atoms with Gasteiger partial charge in [-0.15, -0.1) is 0 Å². The largest absolute Gasteiger partial charge is 0.389 e. The number of aliphatic hydroxyl groups is 1. The van der Waals surface area contributed by atoms with Crippen molar-refractivity contribution in [1.82, 2.24) is 14.9 Å². The lowest BCUT2D eigenvalue weighted by molar-refractivity contribution is -0.0491. The number of amides is 2. The summed E-state index contributed by atoms with van der Waals surface area (Å²) in [5.41, 5.74) is 2.66. The highest BCUT2D eigenvalue weighted by Crippen LogP contribution is 2.42. The Bertz CT molecular complexity index is 1360. The second-order valence-corrected chi connectivity index (χ2v) is 10.7. The number of urea groups is 1. The number of thiazole rings is 1. The van der Waals surface area contributed by atoms with Crippen LogP contribution in [0.4, 0.5) is 9.93 Å². The molecule has 3 heterocycles. The Morgan fingerprint density at radius 2 is 1.78 bits per heavy atom. The van der Waals surface area contributed by atoms with Crippen molar-refractivity contribution in [3.8, 4) is 33.8 Å². The Morgan fingerprint density at radius 3 is 2.36 bits per heavy atom. The maximum Gasteiger partial charge on any atom is 0.323 e. The molecule has 0 bridgehead atoms. The topological polar surface area (TPSA) is 126 Å². The van der Waals surface area contributed by atoms with Gasteiger partial charge in [0.15, 0.2) is 5.13 Å². The van der Waals surface area contributed by atoms with Gasteiger partial charge in [-0.25, -0.2) is 9.78 Å². The fourth-order valence-electron chi connectivity index (χ4n) is 4.59. The first kappa shape index (κ1) is 25.3. The van der Waals surface area contributed by atoms with E-state index in [9.17, 15) is 20.4 Å². The van der Waals surface area contributed by atoms with Crippen LogP contribution in [0.2, 0.25) is 0 Å².